The van der Waals surface area contributed by atoms with Crippen LogP contribution in [-0.2, 0) is 19.6 Å². The third kappa shape index (κ3) is 5.54. The number of fused-ring (bicyclic) bond motifs is 1. The molecule has 11 heteroatoms. The minimum atomic E-state index is -4.14. The van der Waals surface area contributed by atoms with Crippen molar-refractivity contribution in [2.24, 2.45) is 5.92 Å². The monoisotopic (exact) mass is 542 g/mol. The molecule has 4 rings (SSSR count). The Morgan fingerprint density at radius 2 is 1.79 bits per heavy atom. The second-order valence-corrected chi connectivity index (χ2v) is 12.0. The average molecular weight is 543 g/mol. The molecule has 2 aliphatic rings. The summed E-state index contributed by atoms with van der Waals surface area (Å²) >= 11 is 0. The van der Waals surface area contributed by atoms with Crippen molar-refractivity contribution in [3.63, 3.8) is 0 Å². The first-order valence-electron chi connectivity index (χ1n) is 12.5. The van der Waals surface area contributed by atoms with Crippen LogP contribution >= 0.6 is 0 Å². The quantitative estimate of drug-likeness (QED) is 0.328. The number of rotatable bonds is 9. The standard InChI is InChI=1S/C27H34N4O6S/c1-18(2)13-25(32)31-16-27(17-31,26(33)28-34)29-38(35,36)22-11-9-21(10-12-22)37-15-20-14-19(3)30(4)24-8-6-5-7-23(20)24/h5-12,14,18-19,29,34H,13,15-17H2,1-4H3,(H,28,33). The van der Waals surface area contributed by atoms with Crippen LogP contribution in [0.5, 0.6) is 5.75 Å². The molecule has 0 spiro atoms. The van der Waals surface area contributed by atoms with Crippen molar-refractivity contribution in [3.8, 4) is 5.75 Å². The van der Waals surface area contributed by atoms with E-state index in [-0.39, 0.29) is 42.3 Å². The number of sulfonamides is 1. The predicted octanol–water partition coefficient (Wildman–Crippen LogP) is 2.40. The highest BCUT2D eigenvalue weighted by Crippen LogP contribution is 2.33. The molecule has 0 aromatic heterocycles. The van der Waals surface area contributed by atoms with E-state index in [1.807, 2.05) is 39.1 Å². The normalized spacial score (nSPS) is 18.4. The van der Waals surface area contributed by atoms with E-state index >= 15 is 0 Å². The molecule has 2 aromatic carbocycles. The lowest BCUT2D eigenvalue weighted by Gasteiger charge is -2.48. The zero-order valence-corrected chi connectivity index (χ0v) is 22.8. The van der Waals surface area contributed by atoms with Crippen molar-refractivity contribution in [1.29, 1.82) is 0 Å². The van der Waals surface area contributed by atoms with Crippen LogP contribution in [0.1, 0.15) is 32.8 Å². The summed E-state index contributed by atoms with van der Waals surface area (Å²) < 4.78 is 34.6. The summed E-state index contributed by atoms with van der Waals surface area (Å²) in [4.78, 5) is 28.2. The number of carbonyl (C=O) groups excluding carboxylic acids is 2. The Morgan fingerprint density at radius 1 is 1.13 bits per heavy atom. The van der Waals surface area contributed by atoms with E-state index in [0.29, 0.717) is 12.4 Å². The van der Waals surface area contributed by atoms with Crippen LogP contribution in [0.15, 0.2) is 59.5 Å². The molecule has 0 radical (unpaired) electrons. The molecule has 2 amide bonds. The maximum absolute atomic E-state index is 13.1. The van der Waals surface area contributed by atoms with Crippen molar-refractivity contribution in [3.05, 3.63) is 60.2 Å². The summed E-state index contributed by atoms with van der Waals surface area (Å²) in [6.45, 7) is 5.87. The molecular formula is C27H34N4O6S. The second kappa shape index (κ2) is 10.8. The van der Waals surface area contributed by atoms with Gasteiger partial charge in [-0.05, 0) is 48.7 Å². The zero-order chi connectivity index (χ0) is 27.7. The topological polar surface area (TPSA) is 128 Å². The molecule has 1 fully saturated rings. The van der Waals surface area contributed by atoms with E-state index < -0.39 is 21.5 Å². The van der Waals surface area contributed by atoms with Crippen LogP contribution in [0.3, 0.4) is 0 Å². The summed E-state index contributed by atoms with van der Waals surface area (Å²) in [5.74, 6) is -0.490. The van der Waals surface area contributed by atoms with Gasteiger partial charge in [0.1, 0.15) is 17.9 Å². The number of likely N-dealkylation sites (N-methyl/N-ethyl adjacent to an activating group) is 1. The molecule has 38 heavy (non-hydrogen) atoms. The fraction of sp³-hybridized carbons (Fsp3) is 0.407. The Balaban J connectivity index is 1.43. The minimum absolute atomic E-state index is 0.0700. The number of hydrogen-bond donors (Lipinski definition) is 3. The Bertz CT molecular complexity index is 1330. The number of para-hydroxylation sites is 1. The van der Waals surface area contributed by atoms with Crippen LogP contribution in [0.25, 0.3) is 5.57 Å². The Hall–Kier alpha value is -3.41. The molecule has 10 nitrogen and oxygen atoms in total. The van der Waals surface area contributed by atoms with Gasteiger partial charge in [-0.15, -0.1) is 0 Å². The number of carbonyl (C=O) groups is 2. The summed E-state index contributed by atoms with van der Waals surface area (Å²) in [6, 6.07) is 14.2. The van der Waals surface area contributed by atoms with Gasteiger partial charge in [-0.1, -0.05) is 38.1 Å². The molecule has 2 aromatic rings. The van der Waals surface area contributed by atoms with Gasteiger partial charge in [0.15, 0.2) is 0 Å². The third-order valence-corrected chi connectivity index (χ3v) is 8.49. The van der Waals surface area contributed by atoms with Crippen molar-refractivity contribution >= 4 is 33.1 Å². The van der Waals surface area contributed by atoms with Gasteiger partial charge in [-0.3, -0.25) is 14.8 Å². The van der Waals surface area contributed by atoms with Crippen molar-refractivity contribution in [1.82, 2.24) is 15.1 Å². The molecule has 2 aliphatic heterocycles. The highest BCUT2D eigenvalue weighted by molar-refractivity contribution is 7.89. The molecular weight excluding hydrogens is 508 g/mol. The lowest BCUT2D eigenvalue weighted by Crippen LogP contribution is -2.76. The third-order valence-electron chi connectivity index (χ3n) is 6.93. The van der Waals surface area contributed by atoms with Gasteiger partial charge in [0.2, 0.25) is 15.9 Å². The number of benzene rings is 2. The summed E-state index contributed by atoms with van der Waals surface area (Å²) in [7, 11) is -2.10. The highest BCUT2D eigenvalue weighted by Gasteiger charge is 2.53. The molecule has 2 heterocycles. The van der Waals surface area contributed by atoms with Crippen molar-refractivity contribution in [2.75, 3.05) is 31.6 Å². The van der Waals surface area contributed by atoms with E-state index in [4.69, 9.17) is 4.74 Å². The number of nitrogens with one attached hydrogen (secondary N) is 2. The molecule has 1 unspecified atom stereocenters. The molecule has 1 atom stereocenters. The Kier molecular flexibility index (Phi) is 7.82. The predicted molar refractivity (Wildman–Crippen MR) is 143 cm³/mol. The summed E-state index contributed by atoms with van der Waals surface area (Å²) in [5, 5.41) is 9.21. The van der Waals surface area contributed by atoms with Crippen LogP contribution in [-0.4, -0.2) is 68.7 Å². The zero-order valence-electron chi connectivity index (χ0n) is 22.0. The average Bonchev–Trinajstić information content (AvgIpc) is 2.86. The van der Waals surface area contributed by atoms with Gasteiger partial charge in [0.25, 0.3) is 5.91 Å². The first-order chi connectivity index (χ1) is 18.0. The molecule has 0 saturated carbocycles. The minimum Gasteiger partial charge on any atom is -0.489 e. The smallest absolute Gasteiger partial charge is 0.268 e. The van der Waals surface area contributed by atoms with Gasteiger partial charge in [-0.2, -0.15) is 4.72 Å². The van der Waals surface area contributed by atoms with Gasteiger partial charge in [0.05, 0.1) is 18.0 Å². The van der Waals surface area contributed by atoms with Crippen LogP contribution in [0.2, 0.25) is 0 Å². The fourth-order valence-electron chi connectivity index (χ4n) is 4.70. The largest absolute Gasteiger partial charge is 0.489 e. The summed E-state index contributed by atoms with van der Waals surface area (Å²) in [5.41, 5.74) is 3.12. The van der Waals surface area contributed by atoms with E-state index in [1.54, 1.807) is 12.1 Å². The van der Waals surface area contributed by atoms with Crippen molar-refractivity contribution in [2.45, 2.75) is 43.7 Å². The number of ether oxygens (including phenoxy) is 1. The van der Waals surface area contributed by atoms with Crippen LogP contribution < -0.4 is 19.8 Å². The molecule has 204 valence electrons. The summed E-state index contributed by atoms with van der Waals surface area (Å²) in [6.07, 6.45) is 2.42. The van der Waals surface area contributed by atoms with E-state index in [2.05, 4.69) is 28.7 Å². The van der Waals surface area contributed by atoms with E-state index in [1.165, 1.54) is 22.5 Å². The number of likely N-dealkylation sites (tertiary alicyclic amines) is 1. The van der Waals surface area contributed by atoms with Gasteiger partial charge in [0, 0.05) is 30.8 Å². The molecule has 0 bridgehead atoms. The maximum atomic E-state index is 13.1. The SMILES string of the molecule is CC(C)CC(=O)N1CC(NS(=O)(=O)c2ccc(OCC3=CC(C)N(C)c4ccccc43)cc2)(C(=O)NO)C1. The lowest BCUT2D eigenvalue weighted by molar-refractivity contribution is -0.151. The number of amides is 2. The van der Waals surface area contributed by atoms with Gasteiger partial charge in [-0.25, -0.2) is 13.9 Å². The lowest BCUT2D eigenvalue weighted by atomic mass is 9.89. The second-order valence-electron chi connectivity index (χ2n) is 10.3. The van der Waals surface area contributed by atoms with Gasteiger partial charge >= 0.3 is 0 Å². The molecule has 3 N–H and O–H groups in total. The molecule has 1 saturated heterocycles. The van der Waals surface area contributed by atoms with Gasteiger partial charge < -0.3 is 14.5 Å². The fourth-order valence-corrected chi connectivity index (χ4v) is 6.05. The van der Waals surface area contributed by atoms with E-state index in [9.17, 15) is 23.2 Å². The van der Waals surface area contributed by atoms with Crippen molar-refractivity contribution < 1.29 is 28.0 Å². The number of hydrogen-bond acceptors (Lipinski definition) is 7. The first-order valence-corrected chi connectivity index (χ1v) is 14.0. The number of nitrogens with zero attached hydrogens (tertiary/aromatic N) is 2. The Labute approximate surface area is 223 Å². The van der Waals surface area contributed by atoms with E-state index in [0.717, 1.165) is 16.8 Å². The van der Waals surface area contributed by atoms with Crippen LogP contribution in [0.4, 0.5) is 5.69 Å². The molecule has 0 aliphatic carbocycles. The highest BCUT2D eigenvalue weighted by atomic mass is 32.2. The van der Waals surface area contributed by atoms with Crippen LogP contribution in [0, 0.1) is 5.92 Å². The number of hydroxylamine groups is 1. The number of anilines is 1. The Morgan fingerprint density at radius 3 is 2.42 bits per heavy atom. The maximum Gasteiger partial charge on any atom is 0.268 e. The first kappa shape index (κ1) is 27.6.